The van der Waals surface area contributed by atoms with Crippen molar-refractivity contribution in [1.82, 2.24) is 0 Å². The molecular weight excluding hydrogens is 1320 g/mol. The van der Waals surface area contributed by atoms with Gasteiger partial charge in [0.2, 0.25) is 10.4 Å². The average Bonchev–Trinajstić information content (AvgIpc) is 1.67. The van der Waals surface area contributed by atoms with Crippen LogP contribution in [0.3, 0.4) is 0 Å². The molecule has 16 N–H and O–H groups in total. The Bertz CT molecular complexity index is 2790. The third-order valence-electron chi connectivity index (χ3n) is 23.8. The van der Waals surface area contributed by atoms with Crippen molar-refractivity contribution in [2.75, 3.05) is 19.8 Å². The summed E-state index contributed by atoms with van der Waals surface area (Å²) < 4.78 is 121. The number of fused-ring (bicyclic) bond motifs is 5. The molecule has 11 rings (SSSR count). The fraction of sp³-hybridized carbons (Fsp3) is 0.968. The number of rotatable bonds is 20. The summed E-state index contributed by atoms with van der Waals surface area (Å²) >= 11 is 0. The monoisotopic (exact) mass is 1420 g/mol. The molecule has 0 bridgehead atoms. The number of ether oxygens (including phenoxy) is 13. The summed E-state index contributed by atoms with van der Waals surface area (Å²) in [5.74, 6) is -0.289. The molecular formula is C63H103O33S-. The van der Waals surface area contributed by atoms with Crippen molar-refractivity contribution >= 4 is 10.4 Å². The molecule has 7 saturated heterocycles. The van der Waals surface area contributed by atoms with Crippen LogP contribution in [0.25, 0.3) is 0 Å². The normalized spacial score (nSPS) is 53.7. The molecule has 33 nitrogen and oxygen atoms in total. The summed E-state index contributed by atoms with van der Waals surface area (Å²) in [6.45, 7) is 14.0. The highest BCUT2D eigenvalue weighted by atomic mass is 32.3. The van der Waals surface area contributed by atoms with Gasteiger partial charge in [-0.25, -0.2) is 8.42 Å². The molecule has 0 amide bonds. The van der Waals surface area contributed by atoms with E-state index in [0.29, 0.717) is 31.6 Å². The molecule has 4 aliphatic carbocycles. The van der Waals surface area contributed by atoms with E-state index in [9.17, 15) is 94.7 Å². The van der Waals surface area contributed by atoms with Crippen molar-refractivity contribution in [1.29, 1.82) is 0 Å². The Morgan fingerprint density at radius 1 is 0.557 bits per heavy atom. The molecule has 34 heteroatoms. The standard InChI is InChI=1S/C63H104O33S/c1-21(2)22(3)49-54(91-49)63(9,79)35-11-10-28-27-17-31(30-16-26(96-97(80,81)82)12-14-61(30,7)29(27)13-15-62(28,35)8)87-58-48(78)51(38(68)25(6)86-58)93-59-52(94-55-44(74)41(71)36(66)23(4)84-55)40(70)34(20-83-59)90-60-53(95-56-45(75)42(72)37(67)24(5)85-56)47(77)50(33(19-65)89-60)92-57-46(76)43(73)39(69)32(18-64)88-57/h13,21-28,30-60,64-79H,10-12,14-20H2,1-9H3,(H,80,81,82)/p-1/t22?,23?,24?,25?,26?,27?,28?,30?,31-,32?,33?,34?,35?,36?,37?,38?,39?,40?,41?,42?,43?,44?,45?,46?,47?,48?,49-,50?,51?,52?,53?,54+,55?,56?,57?,58?,59?,60?,61?,62?,63+/m0/s1. The number of allylic oxidation sites excluding steroid dienone is 2. The minimum Gasteiger partial charge on any atom is -0.726 e. The largest absolute Gasteiger partial charge is 0.726 e. The highest BCUT2D eigenvalue weighted by Gasteiger charge is 2.67. The van der Waals surface area contributed by atoms with Gasteiger partial charge in [0.15, 0.2) is 37.7 Å². The van der Waals surface area contributed by atoms with Crippen LogP contribution in [0.2, 0.25) is 0 Å². The second-order valence-electron chi connectivity index (χ2n) is 30.1. The summed E-state index contributed by atoms with van der Waals surface area (Å²) in [5.41, 5.74) is -1.10. The summed E-state index contributed by atoms with van der Waals surface area (Å²) in [6.07, 6.45) is -49.5. The molecule has 3 saturated carbocycles. The number of epoxide rings is 1. The fourth-order valence-electron chi connectivity index (χ4n) is 17.7. The molecule has 0 spiro atoms. The molecule has 0 aromatic carbocycles. The Morgan fingerprint density at radius 2 is 1.07 bits per heavy atom. The van der Waals surface area contributed by atoms with Gasteiger partial charge >= 0.3 is 0 Å². The van der Waals surface area contributed by atoms with E-state index in [0.717, 1.165) is 12.0 Å². The third kappa shape index (κ3) is 14.6. The van der Waals surface area contributed by atoms with Crippen molar-refractivity contribution in [2.45, 2.75) is 315 Å². The zero-order valence-electron chi connectivity index (χ0n) is 55.7. The molecule has 41 atom stereocenters. The van der Waals surface area contributed by atoms with Crippen LogP contribution in [0.1, 0.15) is 107 Å². The van der Waals surface area contributed by atoms with Crippen molar-refractivity contribution in [3.8, 4) is 0 Å². The van der Waals surface area contributed by atoms with Gasteiger partial charge in [0.1, 0.15) is 128 Å². The van der Waals surface area contributed by atoms with Crippen molar-refractivity contribution in [3.63, 3.8) is 0 Å². The van der Waals surface area contributed by atoms with Gasteiger partial charge in [-0.15, -0.1) is 0 Å². The maximum Gasteiger partial charge on any atom is 0.217 e. The SMILES string of the molecule is CC(C)C(C)[C@@H]1O[C@H]1[C@](C)(O)C1CCC2C3C[C@H](OC4OC(C)C(O)C(OC5OCC(OC6OC(CO)C(OC7OC(CO)C(O)C(O)C7O)C(O)C6OC6OC(C)C(O)C(O)C6O)C(O)C5OC5OC(C)C(O)C(O)C5O)C4O)C4CC(OS(=O)(=O)[O-])CCC4(C)C3=CCC21C. The molecule has 11 aliphatic rings. The molecule has 37 unspecified atom stereocenters. The van der Waals surface area contributed by atoms with Crippen molar-refractivity contribution in [2.24, 2.45) is 46.3 Å². The van der Waals surface area contributed by atoms with E-state index >= 15 is 0 Å². The summed E-state index contributed by atoms with van der Waals surface area (Å²) in [5, 5.41) is 180. The minimum atomic E-state index is -5.16. The number of aliphatic hydroxyl groups is 16. The second kappa shape index (κ2) is 29.4. The van der Waals surface area contributed by atoms with Gasteiger partial charge in [-0.3, -0.25) is 4.18 Å². The zero-order chi connectivity index (χ0) is 70.8. The first kappa shape index (κ1) is 76.6. The molecule has 10 fully saturated rings. The highest BCUT2D eigenvalue weighted by Crippen LogP contribution is 2.68. The zero-order valence-corrected chi connectivity index (χ0v) is 56.5. The van der Waals surface area contributed by atoms with Crippen molar-refractivity contribution < 1.29 is 160 Å². The first-order chi connectivity index (χ1) is 45.4. The minimum absolute atomic E-state index is 0.0168. The van der Waals surface area contributed by atoms with Crippen LogP contribution in [0.5, 0.6) is 0 Å². The Hall–Kier alpha value is -1.55. The predicted molar refractivity (Wildman–Crippen MR) is 320 cm³/mol. The first-order valence-electron chi connectivity index (χ1n) is 34.1. The van der Waals surface area contributed by atoms with Crippen LogP contribution < -0.4 is 0 Å². The molecule has 0 radical (unpaired) electrons. The maximum atomic E-state index is 12.6. The number of hydrogen-bond acceptors (Lipinski definition) is 33. The molecule has 560 valence electrons. The fourth-order valence-corrected chi connectivity index (χ4v) is 18.2. The summed E-state index contributed by atoms with van der Waals surface area (Å²) in [6, 6.07) is 0. The quantitative estimate of drug-likeness (QED) is 0.0235. The van der Waals surface area contributed by atoms with Crippen molar-refractivity contribution in [3.05, 3.63) is 11.6 Å². The Kier molecular flexibility index (Phi) is 23.2. The third-order valence-corrected chi connectivity index (χ3v) is 24.3. The smallest absolute Gasteiger partial charge is 0.217 e. The van der Waals surface area contributed by atoms with Crippen LogP contribution in [0.4, 0.5) is 0 Å². The van der Waals surface area contributed by atoms with Gasteiger partial charge < -0.3 is 148 Å². The van der Waals surface area contributed by atoms with E-state index in [4.69, 9.17) is 65.8 Å². The molecule has 7 aliphatic heterocycles. The van der Waals surface area contributed by atoms with E-state index < -0.39 is 243 Å². The molecule has 0 aromatic heterocycles. The van der Waals surface area contributed by atoms with Gasteiger partial charge in [0.25, 0.3) is 0 Å². The van der Waals surface area contributed by atoms with Crippen LogP contribution in [0, 0.1) is 46.3 Å². The summed E-state index contributed by atoms with van der Waals surface area (Å²) in [7, 11) is -5.16. The van der Waals surface area contributed by atoms with Crippen LogP contribution in [-0.2, 0) is 76.2 Å². The lowest BCUT2D eigenvalue weighted by Gasteiger charge is -2.60. The van der Waals surface area contributed by atoms with Crippen LogP contribution >= 0.6 is 0 Å². The van der Waals surface area contributed by atoms with Crippen LogP contribution in [0.15, 0.2) is 11.6 Å². The lowest BCUT2D eigenvalue weighted by molar-refractivity contribution is -0.406. The summed E-state index contributed by atoms with van der Waals surface area (Å²) in [4.78, 5) is 0. The van der Waals surface area contributed by atoms with Gasteiger partial charge in [-0.05, 0) is 119 Å². The lowest BCUT2D eigenvalue weighted by atomic mass is 9.47. The number of aliphatic hydroxyl groups excluding tert-OH is 15. The maximum absolute atomic E-state index is 12.6. The van der Waals surface area contributed by atoms with E-state index in [2.05, 4.69) is 40.7 Å². The lowest BCUT2D eigenvalue weighted by Crippen LogP contribution is -2.68. The second-order valence-corrected chi connectivity index (χ2v) is 31.1. The number of hydrogen-bond donors (Lipinski definition) is 16. The Morgan fingerprint density at radius 3 is 1.65 bits per heavy atom. The van der Waals surface area contributed by atoms with Gasteiger partial charge in [-0.2, -0.15) is 0 Å². The van der Waals surface area contributed by atoms with E-state index in [1.54, 1.807) is 0 Å². The molecule has 97 heavy (non-hydrogen) atoms. The molecule has 7 heterocycles. The van der Waals surface area contributed by atoms with E-state index in [-0.39, 0.29) is 48.7 Å². The Labute approximate surface area is 562 Å². The van der Waals surface area contributed by atoms with E-state index in [1.807, 2.05) is 6.92 Å². The average molecular weight is 1420 g/mol. The van der Waals surface area contributed by atoms with Crippen LogP contribution in [-0.4, -0.2) is 323 Å². The van der Waals surface area contributed by atoms with E-state index in [1.165, 1.54) is 20.8 Å². The van der Waals surface area contributed by atoms with Gasteiger partial charge in [0.05, 0.1) is 62.0 Å². The first-order valence-corrected chi connectivity index (χ1v) is 35.4. The Balaban J connectivity index is 0.864. The van der Waals surface area contributed by atoms with Gasteiger partial charge in [0, 0.05) is 0 Å². The van der Waals surface area contributed by atoms with Gasteiger partial charge in [-0.1, -0.05) is 46.3 Å². The topological polar surface area (TPSA) is 513 Å². The highest BCUT2D eigenvalue weighted by molar-refractivity contribution is 7.80. The molecule has 0 aromatic rings. The predicted octanol–water partition coefficient (Wildman–Crippen LogP) is -5.14.